The molecular formula is C16H10Cl2N2OS. The summed E-state index contributed by atoms with van der Waals surface area (Å²) in [6.45, 7) is 0. The van der Waals surface area contributed by atoms with Crippen LogP contribution in [0.4, 0.5) is 5.69 Å². The molecule has 0 spiro atoms. The minimum absolute atomic E-state index is 0.317. The zero-order valence-corrected chi connectivity index (χ0v) is 13.5. The van der Waals surface area contributed by atoms with Crippen LogP contribution in [0.15, 0.2) is 53.9 Å². The highest BCUT2D eigenvalue weighted by molar-refractivity contribution is 7.13. The Balaban J connectivity index is 1.81. The van der Waals surface area contributed by atoms with Gasteiger partial charge in [0.25, 0.3) is 5.91 Å². The second-order valence-corrected chi connectivity index (χ2v) is 6.18. The van der Waals surface area contributed by atoms with Gasteiger partial charge in [-0.15, -0.1) is 11.3 Å². The van der Waals surface area contributed by atoms with Crippen LogP contribution in [-0.2, 0) is 0 Å². The van der Waals surface area contributed by atoms with Gasteiger partial charge < -0.3 is 5.32 Å². The Bertz CT molecular complexity index is 818. The molecule has 3 aromatic rings. The summed E-state index contributed by atoms with van der Waals surface area (Å²) in [5.41, 5.74) is 1.79. The first-order valence-electron chi connectivity index (χ1n) is 6.41. The first kappa shape index (κ1) is 15.0. The Hall–Kier alpha value is -1.88. The van der Waals surface area contributed by atoms with Gasteiger partial charge in [0.15, 0.2) is 0 Å². The number of thiazole rings is 1. The van der Waals surface area contributed by atoms with Gasteiger partial charge in [0.2, 0.25) is 0 Å². The molecule has 0 bridgehead atoms. The first-order valence-corrected chi connectivity index (χ1v) is 8.04. The van der Waals surface area contributed by atoms with Crippen LogP contribution in [0.1, 0.15) is 10.5 Å². The maximum absolute atomic E-state index is 12.3. The summed E-state index contributed by atoms with van der Waals surface area (Å²) in [6.07, 6.45) is 0. The summed E-state index contributed by atoms with van der Waals surface area (Å²) in [5.74, 6) is -0.317. The van der Waals surface area contributed by atoms with Gasteiger partial charge in [0.1, 0.15) is 10.7 Å². The third kappa shape index (κ3) is 3.30. The zero-order chi connectivity index (χ0) is 15.5. The van der Waals surface area contributed by atoms with E-state index in [1.165, 1.54) is 11.3 Å². The second-order valence-electron chi connectivity index (χ2n) is 4.48. The number of carbonyl (C=O) groups is 1. The predicted molar refractivity (Wildman–Crippen MR) is 92.0 cm³/mol. The fourth-order valence-corrected chi connectivity index (χ4v) is 3.01. The number of aromatic nitrogens is 1. The second kappa shape index (κ2) is 6.48. The lowest BCUT2D eigenvalue weighted by molar-refractivity contribution is 0.102. The highest BCUT2D eigenvalue weighted by Gasteiger charge is 2.13. The third-order valence-electron chi connectivity index (χ3n) is 2.93. The molecule has 110 valence electrons. The molecule has 3 nitrogen and oxygen atoms in total. The number of halogens is 2. The number of nitrogens with one attached hydrogen (secondary N) is 1. The van der Waals surface area contributed by atoms with Crippen molar-refractivity contribution in [3.05, 3.63) is 69.7 Å². The summed E-state index contributed by atoms with van der Waals surface area (Å²) in [4.78, 5) is 16.6. The fourth-order valence-electron chi connectivity index (χ4n) is 1.87. The molecular weight excluding hydrogens is 339 g/mol. The van der Waals surface area contributed by atoms with Gasteiger partial charge in [-0.1, -0.05) is 53.5 Å². The predicted octanol–water partition coefficient (Wildman–Crippen LogP) is 5.37. The first-order chi connectivity index (χ1) is 10.6. The molecule has 0 saturated heterocycles. The summed E-state index contributed by atoms with van der Waals surface area (Å²) in [6, 6.07) is 14.6. The van der Waals surface area contributed by atoms with Crippen LogP contribution in [0, 0.1) is 0 Å². The Labute approximate surface area is 141 Å². The lowest BCUT2D eigenvalue weighted by Crippen LogP contribution is -2.12. The highest BCUT2D eigenvalue weighted by Crippen LogP contribution is 2.27. The van der Waals surface area contributed by atoms with E-state index in [1.54, 1.807) is 23.6 Å². The van der Waals surface area contributed by atoms with Crippen LogP contribution < -0.4 is 5.32 Å². The lowest BCUT2D eigenvalue weighted by atomic mass is 10.2. The third-order valence-corrected chi connectivity index (χ3v) is 4.39. The van der Waals surface area contributed by atoms with Gasteiger partial charge in [-0.25, -0.2) is 4.98 Å². The number of amides is 1. The van der Waals surface area contributed by atoms with E-state index in [9.17, 15) is 4.79 Å². The molecule has 6 heteroatoms. The standard InChI is InChI=1S/C16H10Cl2N2OS/c17-11-6-7-12(18)13(8-11)19-15(21)14-9-22-16(20-14)10-4-2-1-3-5-10/h1-9H,(H,19,21). The van der Waals surface area contributed by atoms with Crippen LogP contribution in [0.2, 0.25) is 10.0 Å². The fraction of sp³-hybridized carbons (Fsp3) is 0. The lowest BCUT2D eigenvalue weighted by Gasteiger charge is -2.05. The van der Waals surface area contributed by atoms with Crippen LogP contribution in [-0.4, -0.2) is 10.9 Å². The normalized spacial score (nSPS) is 10.5. The van der Waals surface area contributed by atoms with Crippen molar-refractivity contribution in [3.8, 4) is 10.6 Å². The highest BCUT2D eigenvalue weighted by atomic mass is 35.5. The summed E-state index contributed by atoms with van der Waals surface area (Å²) >= 11 is 13.4. The van der Waals surface area contributed by atoms with Gasteiger partial charge >= 0.3 is 0 Å². The maximum Gasteiger partial charge on any atom is 0.275 e. The molecule has 1 aromatic heterocycles. The molecule has 1 heterocycles. The van der Waals surface area contributed by atoms with Crippen LogP contribution >= 0.6 is 34.5 Å². The molecule has 3 rings (SSSR count). The molecule has 1 N–H and O–H groups in total. The molecule has 1 amide bonds. The smallest absolute Gasteiger partial charge is 0.275 e. The number of carbonyl (C=O) groups excluding carboxylic acids is 1. The molecule has 0 fully saturated rings. The topological polar surface area (TPSA) is 42.0 Å². The van der Waals surface area contributed by atoms with E-state index in [4.69, 9.17) is 23.2 Å². The van der Waals surface area contributed by atoms with Gasteiger partial charge in [-0.05, 0) is 18.2 Å². The Morgan fingerprint density at radius 1 is 1.09 bits per heavy atom. The Morgan fingerprint density at radius 2 is 1.86 bits per heavy atom. The SMILES string of the molecule is O=C(Nc1cc(Cl)ccc1Cl)c1csc(-c2ccccc2)n1. The van der Waals surface area contributed by atoms with Crippen molar-refractivity contribution >= 4 is 46.1 Å². The number of nitrogens with zero attached hydrogens (tertiary/aromatic N) is 1. The molecule has 0 atom stereocenters. The summed E-state index contributed by atoms with van der Waals surface area (Å²) in [5, 5.41) is 6.16. The van der Waals surface area contributed by atoms with Gasteiger partial charge in [0, 0.05) is 16.0 Å². The van der Waals surface area contributed by atoms with E-state index in [1.807, 2.05) is 30.3 Å². The van der Waals surface area contributed by atoms with E-state index in [2.05, 4.69) is 10.3 Å². The average Bonchev–Trinajstić information content (AvgIpc) is 3.02. The van der Waals surface area contributed by atoms with E-state index in [0.29, 0.717) is 21.4 Å². The molecule has 0 saturated carbocycles. The zero-order valence-electron chi connectivity index (χ0n) is 11.2. The summed E-state index contributed by atoms with van der Waals surface area (Å²) in [7, 11) is 0. The molecule has 0 aliphatic rings. The minimum Gasteiger partial charge on any atom is -0.319 e. The molecule has 22 heavy (non-hydrogen) atoms. The number of anilines is 1. The van der Waals surface area contributed by atoms with Crippen molar-refractivity contribution in [2.24, 2.45) is 0 Å². The van der Waals surface area contributed by atoms with Crippen molar-refractivity contribution in [3.63, 3.8) is 0 Å². The maximum atomic E-state index is 12.3. The number of hydrogen-bond donors (Lipinski definition) is 1. The van der Waals surface area contributed by atoms with Crippen molar-refractivity contribution in [1.82, 2.24) is 4.98 Å². The number of benzene rings is 2. The van der Waals surface area contributed by atoms with Crippen molar-refractivity contribution < 1.29 is 4.79 Å². The quantitative estimate of drug-likeness (QED) is 0.691. The molecule has 0 aliphatic carbocycles. The number of rotatable bonds is 3. The monoisotopic (exact) mass is 348 g/mol. The van der Waals surface area contributed by atoms with E-state index < -0.39 is 0 Å². The largest absolute Gasteiger partial charge is 0.319 e. The van der Waals surface area contributed by atoms with Crippen molar-refractivity contribution in [1.29, 1.82) is 0 Å². The average molecular weight is 349 g/mol. The molecule has 0 unspecified atom stereocenters. The van der Waals surface area contributed by atoms with E-state index in [-0.39, 0.29) is 5.91 Å². The minimum atomic E-state index is -0.317. The molecule has 2 aromatic carbocycles. The van der Waals surface area contributed by atoms with E-state index >= 15 is 0 Å². The van der Waals surface area contributed by atoms with E-state index in [0.717, 1.165) is 10.6 Å². The molecule has 0 radical (unpaired) electrons. The summed E-state index contributed by atoms with van der Waals surface area (Å²) < 4.78 is 0. The van der Waals surface area contributed by atoms with Gasteiger partial charge in [-0.2, -0.15) is 0 Å². The Morgan fingerprint density at radius 3 is 2.64 bits per heavy atom. The Kier molecular flexibility index (Phi) is 4.43. The van der Waals surface area contributed by atoms with Crippen LogP contribution in [0.3, 0.4) is 0 Å². The van der Waals surface area contributed by atoms with Crippen molar-refractivity contribution in [2.75, 3.05) is 5.32 Å². The van der Waals surface area contributed by atoms with Crippen molar-refractivity contribution in [2.45, 2.75) is 0 Å². The molecule has 0 aliphatic heterocycles. The number of hydrogen-bond acceptors (Lipinski definition) is 3. The van der Waals surface area contributed by atoms with Crippen LogP contribution in [0.5, 0.6) is 0 Å². The van der Waals surface area contributed by atoms with Gasteiger partial charge in [0.05, 0.1) is 10.7 Å². The van der Waals surface area contributed by atoms with Crippen LogP contribution in [0.25, 0.3) is 10.6 Å². The van der Waals surface area contributed by atoms with Gasteiger partial charge in [-0.3, -0.25) is 4.79 Å².